The van der Waals surface area contributed by atoms with Gasteiger partial charge in [-0.3, -0.25) is 0 Å². The lowest BCUT2D eigenvalue weighted by Crippen LogP contribution is -2.08. The number of allylic oxidation sites excluding steroid dienone is 1. The van der Waals surface area contributed by atoms with Crippen molar-refractivity contribution in [2.24, 2.45) is 5.92 Å². The fourth-order valence-electron chi connectivity index (χ4n) is 3.84. The third-order valence-corrected chi connectivity index (χ3v) is 5.80. The monoisotopic (exact) mass is 380 g/mol. The number of hydrogen-bond donors (Lipinski definition) is 0. The molecule has 1 nitrogen and oxygen atoms in total. The van der Waals surface area contributed by atoms with E-state index in [1.807, 2.05) is 0 Å². The first kappa shape index (κ1) is 26.5. The van der Waals surface area contributed by atoms with Crippen molar-refractivity contribution < 1.29 is 4.74 Å². The van der Waals surface area contributed by atoms with E-state index in [-0.39, 0.29) is 0 Å². The fourth-order valence-corrected chi connectivity index (χ4v) is 3.84. The van der Waals surface area contributed by atoms with Gasteiger partial charge in [0, 0.05) is 5.92 Å². The summed E-state index contributed by atoms with van der Waals surface area (Å²) in [6.45, 7) is 12.1. The van der Waals surface area contributed by atoms with E-state index in [2.05, 4.69) is 27.4 Å². The summed E-state index contributed by atoms with van der Waals surface area (Å²) in [7, 11) is 0. The van der Waals surface area contributed by atoms with Gasteiger partial charge in [0.05, 0.1) is 12.4 Å². The molecule has 0 rings (SSSR count). The molecule has 27 heavy (non-hydrogen) atoms. The van der Waals surface area contributed by atoms with Crippen molar-refractivity contribution >= 4 is 0 Å². The Hall–Kier alpha value is -0.460. The van der Waals surface area contributed by atoms with Gasteiger partial charge in [-0.15, -0.1) is 0 Å². The van der Waals surface area contributed by atoms with Crippen LogP contribution in [0.15, 0.2) is 12.3 Å². The van der Waals surface area contributed by atoms with E-state index < -0.39 is 0 Å². The van der Waals surface area contributed by atoms with Crippen LogP contribution in [0.2, 0.25) is 0 Å². The second kappa shape index (κ2) is 21.8. The van der Waals surface area contributed by atoms with Crippen LogP contribution < -0.4 is 0 Å². The van der Waals surface area contributed by atoms with Gasteiger partial charge in [-0.05, 0) is 19.3 Å². The standard InChI is InChI=1S/C26H52O/c1-5-8-11-14-16-18-21-24-27-25(4)26(22-19-13-10-7-3)23-20-17-15-12-9-6-2/h26H,4-24H2,1-3H3. The SMILES string of the molecule is C=C(OCCCCCCCCC)C(CCCCCC)CCCCCCCC. The molecule has 0 N–H and O–H groups in total. The molecule has 0 saturated carbocycles. The van der Waals surface area contributed by atoms with Crippen LogP contribution in [0.3, 0.4) is 0 Å². The van der Waals surface area contributed by atoms with Crippen LogP contribution in [0.4, 0.5) is 0 Å². The van der Waals surface area contributed by atoms with Crippen molar-refractivity contribution in [3.8, 4) is 0 Å². The minimum atomic E-state index is 0.595. The van der Waals surface area contributed by atoms with Crippen molar-refractivity contribution in [1.29, 1.82) is 0 Å². The molecule has 0 aliphatic carbocycles. The molecule has 0 aromatic carbocycles. The van der Waals surface area contributed by atoms with Crippen LogP contribution in [-0.2, 0) is 4.74 Å². The van der Waals surface area contributed by atoms with Gasteiger partial charge in [-0.25, -0.2) is 0 Å². The van der Waals surface area contributed by atoms with Gasteiger partial charge < -0.3 is 4.74 Å². The van der Waals surface area contributed by atoms with E-state index in [9.17, 15) is 0 Å². The molecule has 0 aromatic rings. The summed E-state index contributed by atoms with van der Waals surface area (Å²) < 4.78 is 6.09. The predicted molar refractivity (Wildman–Crippen MR) is 123 cm³/mol. The first-order valence-corrected chi connectivity index (χ1v) is 12.6. The zero-order valence-electron chi connectivity index (χ0n) is 19.3. The molecule has 0 fully saturated rings. The molecule has 0 saturated heterocycles. The minimum Gasteiger partial charge on any atom is -0.498 e. The van der Waals surface area contributed by atoms with Gasteiger partial charge in [0.1, 0.15) is 0 Å². The lowest BCUT2D eigenvalue weighted by atomic mass is 9.93. The summed E-state index contributed by atoms with van der Waals surface area (Å²) >= 11 is 0. The quantitative estimate of drug-likeness (QED) is 0.134. The van der Waals surface area contributed by atoms with Crippen LogP contribution in [0.1, 0.15) is 143 Å². The van der Waals surface area contributed by atoms with E-state index in [4.69, 9.17) is 4.74 Å². The largest absolute Gasteiger partial charge is 0.498 e. The molecule has 1 atom stereocenters. The Bertz CT molecular complexity index is 297. The maximum Gasteiger partial charge on any atom is 0.0918 e. The minimum absolute atomic E-state index is 0.595. The van der Waals surface area contributed by atoms with Gasteiger partial charge in [0.15, 0.2) is 0 Å². The molecule has 162 valence electrons. The molecule has 0 spiro atoms. The van der Waals surface area contributed by atoms with E-state index in [1.54, 1.807) is 0 Å². The van der Waals surface area contributed by atoms with E-state index >= 15 is 0 Å². The van der Waals surface area contributed by atoms with Gasteiger partial charge in [0.2, 0.25) is 0 Å². The van der Waals surface area contributed by atoms with Crippen molar-refractivity contribution in [3.05, 3.63) is 12.3 Å². The molecule has 0 radical (unpaired) electrons. The van der Waals surface area contributed by atoms with Gasteiger partial charge >= 0.3 is 0 Å². The van der Waals surface area contributed by atoms with E-state index in [0.717, 1.165) is 12.4 Å². The summed E-state index contributed by atoms with van der Waals surface area (Å²) in [5.41, 5.74) is 0. The van der Waals surface area contributed by atoms with Gasteiger partial charge in [-0.2, -0.15) is 0 Å². The van der Waals surface area contributed by atoms with E-state index in [1.165, 1.54) is 122 Å². The number of unbranched alkanes of at least 4 members (excludes halogenated alkanes) is 14. The van der Waals surface area contributed by atoms with Crippen molar-refractivity contribution in [1.82, 2.24) is 0 Å². The molecular formula is C26H52O. The molecular weight excluding hydrogens is 328 g/mol. The van der Waals surface area contributed by atoms with Crippen LogP contribution >= 0.6 is 0 Å². The smallest absolute Gasteiger partial charge is 0.0918 e. The highest BCUT2D eigenvalue weighted by Gasteiger charge is 2.13. The lowest BCUT2D eigenvalue weighted by molar-refractivity contribution is 0.163. The zero-order valence-corrected chi connectivity index (χ0v) is 19.3. The Morgan fingerprint density at radius 1 is 0.556 bits per heavy atom. The third kappa shape index (κ3) is 18.7. The number of hydrogen-bond acceptors (Lipinski definition) is 1. The van der Waals surface area contributed by atoms with Crippen LogP contribution in [-0.4, -0.2) is 6.61 Å². The fraction of sp³-hybridized carbons (Fsp3) is 0.923. The Kier molecular flexibility index (Phi) is 21.5. The Morgan fingerprint density at radius 2 is 0.926 bits per heavy atom. The van der Waals surface area contributed by atoms with Crippen molar-refractivity contribution in [2.45, 2.75) is 143 Å². The third-order valence-electron chi connectivity index (χ3n) is 5.80. The maximum absolute atomic E-state index is 6.09. The normalized spacial score (nSPS) is 12.3. The Morgan fingerprint density at radius 3 is 1.41 bits per heavy atom. The van der Waals surface area contributed by atoms with Crippen LogP contribution in [0.5, 0.6) is 0 Å². The summed E-state index contributed by atoms with van der Waals surface area (Å²) in [6.07, 6.45) is 25.7. The van der Waals surface area contributed by atoms with Crippen LogP contribution in [0.25, 0.3) is 0 Å². The predicted octanol–water partition coefficient (Wildman–Crippen LogP) is 9.60. The topological polar surface area (TPSA) is 9.23 Å². The molecule has 0 aliphatic rings. The second-order valence-corrected chi connectivity index (χ2v) is 8.54. The highest BCUT2D eigenvalue weighted by Crippen LogP contribution is 2.25. The molecule has 0 amide bonds. The molecule has 0 aromatic heterocycles. The van der Waals surface area contributed by atoms with E-state index in [0.29, 0.717) is 5.92 Å². The summed E-state index contributed by atoms with van der Waals surface area (Å²) in [6, 6.07) is 0. The molecule has 0 aliphatic heterocycles. The highest BCUT2D eigenvalue weighted by molar-refractivity contribution is 4.91. The maximum atomic E-state index is 6.09. The first-order valence-electron chi connectivity index (χ1n) is 12.6. The van der Waals surface area contributed by atoms with Crippen LogP contribution in [0, 0.1) is 5.92 Å². The summed E-state index contributed by atoms with van der Waals surface area (Å²) in [4.78, 5) is 0. The molecule has 1 heteroatoms. The summed E-state index contributed by atoms with van der Waals surface area (Å²) in [5.74, 6) is 1.68. The number of ether oxygens (including phenoxy) is 1. The second-order valence-electron chi connectivity index (χ2n) is 8.54. The summed E-state index contributed by atoms with van der Waals surface area (Å²) in [5, 5.41) is 0. The zero-order chi connectivity index (χ0) is 20.0. The highest BCUT2D eigenvalue weighted by atomic mass is 16.5. The first-order chi connectivity index (χ1) is 13.3. The van der Waals surface area contributed by atoms with Gasteiger partial charge in [-0.1, -0.05) is 130 Å². The molecule has 0 bridgehead atoms. The average Bonchev–Trinajstić information content (AvgIpc) is 2.68. The van der Waals surface area contributed by atoms with Crippen molar-refractivity contribution in [3.63, 3.8) is 0 Å². The molecule has 0 heterocycles. The Balaban J connectivity index is 3.93. The Labute approximate surface area is 172 Å². The molecule has 1 unspecified atom stereocenters. The lowest BCUT2D eigenvalue weighted by Gasteiger charge is -2.20. The van der Waals surface area contributed by atoms with Crippen molar-refractivity contribution in [2.75, 3.05) is 6.61 Å². The van der Waals surface area contributed by atoms with Gasteiger partial charge in [0.25, 0.3) is 0 Å². The average molecular weight is 381 g/mol. The number of rotatable bonds is 22.